The molecule has 0 heterocycles. The Morgan fingerprint density at radius 3 is 1.60 bits per heavy atom. The van der Waals surface area contributed by atoms with Crippen molar-refractivity contribution in [3.8, 4) is 0 Å². The molecule has 0 aliphatic heterocycles. The van der Waals surface area contributed by atoms with E-state index in [-0.39, 0.29) is 19.0 Å². The summed E-state index contributed by atoms with van der Waals surface area (Å²) in [4.78, 5) is 34.2. The van der Waals surface area contributed by atoms with Gasteiger partial charge in [0.15, 0.2) is 6.10 Å². The second kappa shape index (κ2) is 32.5. The molecule has 0 radical (unpaired) electrons. The normalized spacial score (nSPS) is 13.8. The van der Waals surface area contributed by atoms with Crippen molar-refractivity contribution in [2.45, 2.75) is 174 Å². The highest BCUT2D eigenvalue weighted by Gasteiger charge is 2.24. The highest BCUT2D eigenvalue weighted by Crippen LogP contribution is 2.42. The van der Waals surface area contributed by atoms with Crippen molar-refractivity contribution >= 4 is 19.8 Å². The fourth-order valence-corrected chi connectivity index (χ4v) is 5.32. The second-order valence-corrected chi connectivity index (χ2v) is 13.6. The van der Waals surface area contributed by atoms with Crippen LogP contribution in [0, 0.1) is 0 Å². The Labute approximate surface area is 275 Å². The van der Waals surface area contributed by atoms with Crippen molar-refractivity contribution < 1.29 is 37.6 Å². The SMILES string of the molecule is CCCCC/C=C\C/C=C\CCCCCCCCCC(=O)OC(COC(=O)CCCCCCCCCCC)COP(=O)(O)OC. The quantitative estimate of drug-likeness (QED) is 0.0321. The van der Waals surface area contributed by atoms with Gasteiger partial charge in [-0.3, -0.25) is 18.6 Å². The molecule has 264 valence electrons. The first kappa shape index (κ1) is 43.5. The Bertz CT molecular complexity index is 798. The third-order valence-corrected chi connectivity index (χ3v) is 8.64. The van der Waals surface area contributed by atoms with Gasteiger partial charge < -0.3 is 14.4 Å². The zero-order valence-electron chi connectivity index (χ0n) is 29.0. The Morgan fingerprint density at radius 1 is 0.622 bits per heavy atom. The number of phosphoric acid groups is 1. The number of hydrogen-bond acceptors (Lipinski definition) is 7. The van der Waals surface area contributed by atoms with E-state index in [1.165, 1.54) is 83.5 Å². The molecule has 0 aromatic carbocycles. The number of carbonyl (C=O) groups is 2. The molecule has 0 aromatic rings. The van der Waals surface area contributed by atoms with Gasteiger partial charge >= 0.3 is 19.8 Å². The Kier molecular flexibility index (Phi) is 31.4. The van der Waals surface area contributed by atoms with E-state index < -0.39 is 26.5 Å². The standard InChI is InChI=1S/C36H67O8P/c1-4-6-8-10-12-14-15-16-17-18-19-20-21-23-25-27-29-31-36(38)44-34(33-43-45(39,40)41-3)32-42-35(37)30-28-26-24-22-13-11-9-7-5-2/h12,14,16-17,34H,4-11,13,15,18-33H2,1-3H3,(H,39,40)/b14-12-,17-16-. The summed E-state index contributed by atoms with van der Waals surface area (Å²) in [5, 5.41) is 0. The molecule has 0 saturated carbocycles. The molecule has 0 bridgehead atoms. The number of ether oxygens (including phenoxy) is 2. The second-order valence-electron chi connectivity index (χ2n) is 12.0. The number of rotatable bonds is 33. The predicted octanol–water partition coefficient (Wildman–Crippen LogP) is 10.7. The van der Waals surface area contributed by atoms with Crippen molar-refractivity contribution in [2.75, 3.05) is 20.3 Å². The molecule has 0 rings (SSSR count). The maximum Gasteiger partial charge on any atom is 0.472 e. The van der Waals surface area contributed by atoms with Crippen LogP contribution in [-0.2, 0) is 32.7 Å². The first-order chi connectivity index (χ1) is 21.8. The molecule has 0 amide bonds. The van der Waals surface area contributed by atoms with E-state index in [0.29, 0.717) is 12.8 Å². The Hall–Kier alpha value is -1.47. The van der Waals surface area contributed by atoms with Gasteiger partial charge in [0.05, 0.1) is 6.61 Å². The lowest BCUT2D eigenvalue weighted by Crippen LogP contribution is -2.29. The molecule has 0 aliphatic rings. The van der Waals surface area contributed by atoms with Gasteiger partial charge in [-0.25, -0.2) is 4.57 Å². The topological polar surface area (TPSA) is 108 Å². The van der Waals surface area contributed by atoms with Crippen molar-refractivity contribution in [1.82, 2.24) is 0 Å². The third-order valence-electron chi connectivity index (χ3n) is 7.70. The average Bonchev–Trinajstić information content (AvgIpc) is 3.03. The van der Waals surface area contributed by atoms with E-state index in [0.717, 1.165) is 58.5 Å². The summed E-state index contributed by atoms with van der Waals surface area (Å²) in [7, 11) is -3.19. The Balaban J connectivity index is 4.06. The van der Waals surface area contributed by atoms with Crippen molar-refractivity contribution in [2.24, 2.45) is 0 Å². The van der Waals surface area contributed by atoms with Gasteiger partial charge in [0.1, 0.15) is 6.61 Å². The number of esters is 2. The van der Waals surface area contributed by atoms with E-state index in [1.807, 2.05) is 0 Å². The summed E-state index contributed by atoms with van der Waals surface area (Å²) in [5.41, 5.74) is 0. The highest BCUT2D eigenvalue weighted by atomic mass is 31.2. The zero-order chi connectivity index (χ0) is 33.3. The summed E-state index contributed by atoms with van der Waals surface area (Å²) in [6.07, 6.45) is 33.7. The van der Waals surface area contributed by atoms with E-state index in [1.54, 1.807) is 0 Å². The molecule has 8 nitrogen and oxygen atoms in total. The Morgan fingerprint density at radius 2 is 1.07 bits per heavy atom. The molecule has 2 atom stereocenters. The van der Waals surface area contributed by atoms with Crippen molar-refractivity contribution in [1.29, 1.82) is 0 Å². The maximum atomic E-state index is 12.4. The van der Waals surface area contributed by atoms with Crippen LogP contribution in [0.25, 0.3) is 0 Å². The molecule has 0 aromatic heterocycles. The van der Waals surface area contributed by atoms with Crippen LogP contribution in [0.3, 0.4) is 0 Å². The number of carbonyl (C=O) groups excluding carboxylic acids is 2. The average molecular weight is 659 g/mol. The molecule has 0 saturated heterocycles. The van der Waals surface area contributed by atoms with Crippen LogP contribution in [0.4, 0.5) is 0 Å². The molecule has 45 heavy (non-hydrogen) atoms. The van der Waals surface area contributed by atoms with Crippen LogP contribution < -0.4 is 0 Å². The van der Waals surface area contributed by atoms with Crippen LogP contribution in [0.2, 0.25) is 0 Å². The van der Waals surface area contributed by atoms with E-state index in [2.05, 4.69) is 42.7 Å². The molecule has 9 heteroatoms. The number of unbranched alkanes of at least 4 members (excludes halogenated alkanes) is 18. The molecule has 2 unspecified atom stereocenters. The minimum absolute atomic E-state index is 0.226. The molecule has 0 spiro atoms. The van der Waals surface area contributed by atoms with Crippen LogP contribution in [0.5, 0.6) is 0 Å². The lowest BCUT2D eigenvalue weighted by Gasteiger charge is -2.19. The van der Waals surface area contributed by atoms with Crippen LogP contribution >= 0.6 is 7.82 Å². The number of allylic oxidation sites excluding steroid dienone is 4. The third kappa shape index (κ3) is 32.3. The van der Waals surface area contributed by atoms with Crippen molar-refractivity contribution in [3.05, 3.63) is 24.3 Å². The first-order valence-corrected chi connectivity index (χ1v) is 19.5. The lowest BCUT2D eigenvalue weighted by molar-refractivity contribution is -0.161. The van der Waals surface area contributed by atoms with Crippen LogP contribution in [0.1, 0.15) is 168 Å². The van der Waals surface area contributed by atoms with Gasteiger partial charge in [-0.2, -0.15) is 0 Å². The number of phosphoric ester groups is 1. The number of hydrogen-bond donors (Lipinski definition) is 1. The van der Waals surface area contributed by atoms with Crippen molar-refractivity contribution in [3.63, 3.8) is 0 Å². The van der Waals surface area contributed by atoms with Gasteiger partial charge in [-0.05, 0) is 44.9 Å². The molecule has 1 N–H and O–H groups in total. The summed E-state index contributed by atoms with van der Waals surface area (Å²) in [5.74, 6) is -0.814. The monoisotopic (exact) mass is 658 g/mol. The van der Waals surface area contributed by atoms with Crippen LogP contribution in [0.15, 0.2) is 24.3 Å². The smallest absolute Gasteiger partial charge is 0.462 e. The maximum absolute atomic E-state index is 12.4. The largest absolute Gasteiger partial charge is 0.472 e. The van der Waals surface area contributed by atoms with E-state index in [4.69, 9.17) is 14.0 Å². The van der Waals surface area contributed by atoms with E-state index in [9.17, 15) is 19.0 Å². The van der Waals surface area contributed by atoms with Gasteiger partial charge in [-0.1, -0.05) is 134 Å². The summed E-state index contributed by atoms with van der Waals surface area (Å²) < 4.78 is 31.8. The molecule has 0 fully saturated rings. The fourth-order valence-electron chi connectivity index (χ4n) is 4.86. The summed E-state index contributed by atoms with van der Waals surface area (Å²) in [6, 6.07) is 0. The first-order valence-electron chi connectivity index (χ1n) is 18.0. The fraction of sp³-hybridized carbons (Fsp3) is 0.833. The molecular formula is C36H67O8P. The highest BCUT2D eigenvalue weighted by molar-refractivity contribution is 7.47. The summed E-state index contributed by atoms with van der Waals surface area (Å²) >= 11 is 0. The van der Waals surface area contributed by atoms with Crippen LogP contribution in [-0.4, -0.2) is 43.3 Å². The molecular weight excluding hydrogens is 591 g/mol. The van der Waals surface area contributed by atoms with E-state index >= 15 is 0 Å². The minimum atomic E-state index is -4.25. The van der Waals surface area contributed by atoms with Gasteiger partial charge in [0.25, 0.3) is 0 Å². The lowest BCUT2D eigenvalue weighted by atomic mass is 10.1. The minimum Gasteiger partial charge on any atom is -0.462 e. The summed E-state index contributed by atoms with van der Waals surface area (Å²) in [6.45, 7) is 3.82. The zero-order valence-corrected chi connectivity index (χ0v) is 29.9. The molecule has 0 aliphatic carbocycles. The van der Waals surface area contributed by atoms with Gasteiger partial charge in [0, 0.05) is 20.0 Å². The predicted molar refractivity (Wildman–Crippen MR) is 184 cm³/mol. The van der Waals surface area contributed by atoms with Gasteiger partial charge in [-0.15, -0.1) is 0 Å². The van der Waals surface area contributed by atoms with Gasteiger partial charge in [0.2, 0.25) is 0 Å².